The molecule has 1 aliphatic carbocycles. The van der Waals surface area contributed by atoms with Crippen molar-refractivity contribution >= 4 is 5.97 Å². The molecule has 0 bridgehead atoms. The van der Waals surface area contributed by atoms with Crippen LogP contribution in [0.3, 0.4) is 0 Å². The summed E-state index contributed by atoms with van der Waals surface area (Å²) in [5, 5.41) is 3.24. The molecule has 3 atom stereocenters. The largest absolute Gasteiger partial charge is 0.468 e. The molecule has 1 rings (SSSR count). The third-order valence-electron chi connectivity index (χ3n) is 4.02. The lowest BCUT2D eigenvalue weighted by Crippen LogP contribution is -2.51. The Bertz CT molecular complexity index is 283. The Morgan fingerprint density at radius 1 is 1.56 bits per heavy atom. The van der Waals surface area contributed by atoms with E-state index in [0.717, 1.165) is 37.9 Å². The zero-order valence-electron chi connectivity index (χ0n) is 12.5. The second-order valence-electron chi connectivity index (χ2n) is 5.84. The van der Waals surface area contributed by atoms with Crippen LogP contribution in [0.4, 0.5) is 0 Å². The molecule has 0 amide bonds. The van der Waals surface area contributed by atoms with E-state index in [1.165, 1.54) is 13.5 Å². The Morgan fingerprint density at radius 3 is 2.61 bits per heavy atom. The number of rotatable bonds is 8. The number of ether oxygens (including phenoxy) is 1. The van der Waals surface area contributed by atoms with Crippen molar-refractivity contribution in [1.82, 2.24) is 10.2 Å². The van der Waals surface area contributed by atoms with E-state index in [1.54, 1.807) is 0 Å². The maximum absolute atomic E-state index is 11.8. The molecule has 106 valence electrons. The molecule has 0 spiro atoms. The molecule has 0 aromatic rings. The van der Waals surface area contributed by atoms with Gasteiger partial charge in [0.1, 0.15) is 5.54 Å². The first kappa shape index (κ1) is 15.4. The minimum absolute atomic E-state index is 0.169. The molecule has 4 nitrogen and oxygen atoms in total. The van der Waals surface area contributed by atoms with E-state index >= 15 is 0 Å². The van der Waals surface area contributed by atoms with Crippen molar-refractivity contribution in [2.24, 2.45) is 11.8 Å². The Kier molecular flexibility index (Phi) is 5.60. The van der Waals surface area contributed by atoms with Gasteiger partial charge in [-0.15, -0.1) is 0 Å². The molecule has 18 heavy (non-hydrogen) atoms. The molecule has 0 radical (unpaired) electrons. The van der Waals surface area contributed by atoms with E-state index in [0.29, 0.717) is 0 Å². The Labute approximate surface area is 111 Å². The Balaban J connectivity index is 2.38. The summed E-state index contributed by atoms with van der Waals surface area (Å²) in [6, 6.07) is 0. The lowest BCUT2D eigenvalue weighted by molar-refractivity contribution is -0.148. The van der Waals surface area contributed by atoms with Gasteiger partial charge in [-0.2, -0.15) is 0 Å². The fourth-order valence-electron chi connectivity index (χ4n) is 2.44. The Hall–Kier alpha value is -0.610. The molecular weight excluding hydrogens is 228 g/mol. The van der Waals surface area contributed by atoms with Crippen LogP contribution < -0.4 is 5.32 Å². The number of hydrogen-bond donors (Lipinski definition) is 1. The summed E-state index contributed by atoms with van der Waals surface area (Å²) in [6.07, 6.45) is 2.14. The first-order chi connectivity index (χ1) is 8.42. The summed E-state index contributed by atoms with van der Waals surface area (Å²) in [7, 11) is 3.59. The fourth-order valence-corrected chi connectivity index (χ4v) is 2.44. The van der Waals surface area contributed by atoms with E-state index in [2.05, 4.69) is 24.2 Å². The highest BCUT2D eigenvalue weighted by molar-refractivity contribution is 5.80. The topological polar surface area (TPSA) is 41.6 Å². The first-order valence-electron chi connectivity index (χ1n) is 6.95. The van der Waals surface area contributed by atoms with E-state index in [9.17, 15) is 4.79 Å². The Morgan fingerprint density at radius 2 is 2.17 bits per heavy atom. The van der Waals surface area contributed by atoms with E-state index in [1.807, 2.05) is 13.8 Å². The van der Waals surface area contributed by atoms with Gasteiger partial charge >= 0.3 is 5.97 Å². The van der Waals surface area contributed by atoms with Crippen LogP contribution in [0.5, 0.6) is 0 Å². The van der Waals surface area contributed by atoms with Gasteiger partial charge < -0.3 is 15.0 Å². The highest BCUT2D eigenvalue weighted by Gasteiger charge is 2.35. The van der Waals surface area contributed by atoms with Crippen LogP contribution in [-0.2, 0) is 9.53 Å². The molecule has 0 aromatic heterocycles. The zero-order chi connectivity index (χ0) is 13.8. The summed E-state index contributed by atoms with van der Waals surface area (Å²) in [5.41, 5.74) is -0.563. The molecule has 4 heteroatoms. The second kappa shape index (κ2) is 6.53. The molecule has 1 fully saturated rings. The minimum atomic E-state index is -0.563. The van der Waals surface area contributed by atoms with Gasteiger partial charge in [-0.1, -0.05) is 13.8 Å². The van der Waals surface area contributed by atoms with Gasteiger partial charge in [0.05, 0.1) is 7.11 Å². The number of carbonyl (C=O) groups excluding carboxylic acids is 1. The van der Waals surface area contributed by atoms with Crippen LogP contribution >= 0.6 is 0 Å². The monoisotopic (exact) mass is 256 g/mol. The molecule has 0 heterocycles. The van der Waals surface area contributed by atoms with Crippen molar-refractivity contribution in [3.05, 3.63) is 0 Å². The van der Waals surface area contributed by atoms with Gasteiger partial charge in [0.2, 0.25) is 0 Å². The van der Waals surface area contributed by atoms with E-state index < -0.39 is 5.54 Å². The van der Waals surface area contributed by atoms with Crippen molar-refractivity contribution in [3.8, 4) is 0 Å². The van der Waals surface area contributed by atoms with Crippen molar-refractivity contribution in [3.63, 3.8) is 0 Å². The van der Waals surface area contributed by atoms with Crippen LogP contribution in [0.2, 0.25) is 0 Å². The third-order valence-corrected chi connectivity index (χ3v) is 4.02. The SMILES string of the molecule is CCNC(C)(CCN(C)CC1CC1C)C(=O)OC. The smallest absolute Gasteiger partial charge is 0.325 e. The summed E-state index contributed by atoms with van der Waals surface area (Å²) in [5.74, 6) is 1.57. The quantitative estimate of drug-likeness (QED) is 0.668. The fraction of sp³-hybridized carbons (Fsp3) is 0.929. The van der Waals surface area contributed by atoms with Crippen molar-refractivity contribution in [2.45, 2.75) is 39.2 Å². The van der Waals surface area contributed by atoms with Crippen LogP contribution in [-0.4, -0.2) is 50.2 Å². The van der Waals surface area contributed by atoms with Gasteiger partial charge in [-0.3, -0.25) is 4.79 Å². The van der Waals surface area contributed by atoms with Crippen molar-refractivity contribution in [2.75, 3.05) is 33.8 Å². The van der Waals surface area contributed by atoms with Gasteiger partial charge in [0.25, 0.3) is 0 Å². The third kappa shape index (κ3) is 4.25. The summed E-state index contributed by atoms with van der Waals surface area (Å²) in [4.78, 5) is 14.1. The molecule has 0 saturated heterocycles. The molecule has 0 aliphatic heterocycles. The second-order valence-corrected chi connectivity index (χ2v) is 5.84. The minimum Gasteiger partial charge on any atom is -0.468 e. The molecule has 0 aromatic carbocycles. The number of nitrogens with zero attached hydrogens (tertiary/aromatic N) is 1. The van der Waals surface area contributed by atoms with E-state index in [-0.39, 0.29) is 5.97 Å². The normalized spacial score (nSPS) is 25.9. The summed E-state index contributed by atoms with van der Waals surface area (Å²) < 4.78 is 4.89. The lowest BCUT2D eigenvalue weighted by Gasteiger charge is -2.29. The first-order valence-corrected chi connectivity index (χ1v) is 6.95. The highest BCUT2D eigenvalue weighted by Crippen LogP contribution is 2.38. The van der Waals surface area contributed by atoms with Crippen LogP contribution in [0.15, 0.2) is 0 Å². The van der Waals surface area contributed by atoms with Gasteiger partial charge in [-0.05, 0) is 45.2 Å². The van der Waals surface area contributed by atoms with Gasteiger partial charge in [0.15, 0.2) is 0 Å². The predicted octanol–water partition coefficient (Wildman–Crippen LogP) is 1.51. The summed E-state index contributed by atoms with van der Waals surface area (Å²) >= 11 is 0. The molecular formula is C14H28N2O2. The molecule has 3 unspecified atom stereocenters. The molecule has 1 aliphatic rings. The lowest BCUT2D eigenvalue weighted by atomic mass is 9.97. The number of methoxy groups -OCH3 is 1. The van der Waals surface area contributed by atoms with Crippen LogP contribution in [0.1, 0.15) is 33.6 Å². The van der Waals surface area contributed by atoms with Gasteiger partial charge in [-0.25, -0.2) is 0 Å². The average Bonchev–Trinajstić information content (AvgIpc) is 3.01. The van der Waals surface area contributed by atoms with Crippen molar-refractivity contribution < 1.29 is 9.53 Å². The van der Waals surface area contributed by atoms with Crippen LogP contribution in [0, 0.1) is 11.8 Å². The van der Waals surface area contributed by atoms with Gasteiger partial charge in [0, 0.05) is 13.1 Å². The number of likely N-dealkylation sites (N-methyl/N-ethyl adjacent to an activating group) is 1. The summed E-state index contributed by atoms with van der Waals surface area (Å²) in [6.45, 7) is 9.07. The number of hydrogen-bond acceptors (Lipinski definition) is 4. The molecule has 1 N–H and O–H groups in total. The van der Waals surface area contributed by atoms with Crippen molar-refractivity contribution in [1.29, 1.82) is 0 Å². The standard InChI is InChI=1S/C14H28N2O2/c1-6-15-14(3,13(17)18-5)7-8-16(4)10-12-9-11(12)2/h11-12,15H,6-10H2,1-5H3. The zero-order valence-corrected chi connectivity index (χ0v) is 12.5. The maximum atomic E-state index is 11.8. The van der Waals surface area contributed by atoms with Crippen LogP contribution in [0.25, 0.3) is 0 Å². The van der Waals surface area contributed by atoms with E-state index in [4.69, 9.17) is 4.74 Å². The number of esters is 1. The number of nitrogens with one attached hydrogen (secondary N) is 1. The number of carbonyl (C=O) groups is 1. The predicted molar refractivity (Wildman–Crippen MR) is 73.5 cm³/mol. The molecule has 1 saturated carbocycles. The average molecular weight is 256 g/mol. The maximum Gasteiger partial charge on any atom is 0.325 e. The highest BCUT2D eigenvalue weighted by atomic mass is 16.5.